The maximum atomic E-state index is 13.6. The Morgan fingerprint density at radius 3 is 3.13 bits per heavy atom. The van der Waals surface area contributed by atoms with Gasteiger partial charge in [0, 0.05) is 38.4 Å². The molecule has 0 bridgehead atoms. The van der Waals surface area contributed by atoms with Crippen molar-refractivity contribution in [3.63, 3.8) is 0 Å². The number of nitrogens with zero attached hydrogens (tertiary/aromatic N) is 2. The van der Waals surface area contributed by atoms with Gasteiger partial charge in [-0.15, -0.1) is 0 Å². The molecule has 0 radical (unpaired) electrons. The topological polar surface area (TPSA) is 34.6 Å². The van der Waals surface area contributed by atoms with Crippen LogP contribution in [0.3, 0.4) is 0 Å². The molecule has 4 rings (SSSR count). The minimum atomic E-state index is -0.409. The molecule has 0 saturated carbocycles. The van der Waals surface area contributed by atoms with Gasteiger partial charge < -0.3 is 9.47 Å². The van der Waals surface area contributed by atoms with Crippen LogP contribution in [0.15, 0.2) is 35.2 Å². The number of aromatic nitrogens is 1. The number of pyridine rings is 1. The highest BCUT2D eigenvalue weighted by Gasteiger charge is 2.53. The molecule has 2 saturated heterocycles. The van der Waals surface area contributed by atoms with Crippen LogP contribution in [0.25, 0.3) is 0 Å². The Morgan fingerprint density at radius 2 is 2.35 bits per heavy atom. The molecule has 122 valence electrons. The molecule has 2 aliphatic heterocycles. The summed E-state index contributed by atoms with van der Waals surface area (Å²) in [4.78, 5) is 6.34. The molecule has 2 fully saturated rings. The number of halogens is 1. The van der Waals surface area contributed by atoms with Crippen molar-refractivity contribution in [2.24, 2.45) is 5.92 Å². The van der Waals surface area contributed by atoms with Crippen LogP contribution >= 0.6 is 11.3 Å². The van der Waals surface area contributed by atoms with Crippen molar-refractivity contribution >= 4 is 11.3 Å². The Hall–Kier alpha value is -1.50. The molecule has 2 aromatic rings. The molecule has 0 unspecified atom stereocenters. The van der Waals surface area contributed by atoms with Gasteiger partial charge in [0.25, 0.3) is 0 Å². The van der Waals surface area contributed by atoms with Gasteiger partial charge in [0.1, 0.15) is 0 Å². The number of rotatable bonds is 5. The summed E-state index contributed by atoms with van der Waals surface area (Å²) in [5.41, 5.74) is 1.23. The van der Waals surface area contributed by atoms with E-state index >= 15 is 0 Å². The predicted molar refractivity (Wildman–Crippen MR) is 86.1 cm³/mol. The third-order valence-electron chi connectivity index (χ3n) is 4.71. The first-order chi connectivity index (χ1) is 11.3. The minimum Gasteiger partial charge on any atom is -0.475 e. The van der Waals surface area contributed by atoms with Gasteiger partial charge in [0.15, 0.2) is 5.82 Å². The average Bonchev–Trinajstić information content (AvgIpc) is 3.16. The summed E-state index contributed by atoms with van der Waals surface area (Å²) < 4.78 is 25.2. The fourth-order valence-electron chi connectivity index (χ4n) is 3.49. The molecule has 2 aromatic heterocycles. The molecule has 23 heavy (non-hydrogen) atoms. The molecule has 0 amide bonds. The average molecular weight is 334 g/mol. The Labute approximate surface area is 138 Å². The molecule has 1 spiro atoms. The highest BCUT2D eigenvalue weighted by molar-refractivity contribution is 7.07. The molecule has 1 atom stereocenters. The number of hydrogen-bond donors (Lipinski definition) is 0. The molecule has 0 aromatic carbocycles. The molecule has 6 heteroatoms. The van der Waals surface area contributed by atoms with Crippen LogP contribution < -0.4 is 4.74 Å². The van der Waals surface area contributed by atoms with Gasteiger partial charge in [0.05, 0.1) is 12.2 Å². The number of hydrogen-bond acceptors (Lipinski definition) is 5. The van der Waals surface area contributed by atoms with Gasteiger partial charge in [-0.2, -0.15) is 11.3 Å². The lowest BCUT2D eigenvalue weighted by atomic mass is 9.81. The van der Waals surface area contributed by atoms with Crippen LogP contribution in [-0.4, -0.2) is 41.8 Å². The highest BCUT2D eigenvalue weighted by atomic mass is 32.1. The normalized spacial score (nSPS) is 23.1. The van der Waals surface area contributed by atoms with Gasteiger partial charge in [0.2, 0.25) is 5.88 Å². The quantitative estimate of drug-likeness (QED) is 0.842. The minimum absolute atomic E-state index is 0.0870. The third-order valence-corrected chi connectivity index (χ3v) is 5.45. The van der Waals surface area contributed by atoms with E-state index in [2.05, 4.69) is 26.7 Å². The lowest BCUT2D eigenvalue weighted by molar-refractivity contribution is -0.140. The van der Waals surface area contributed by atoms with E-state index in [4.69, 9.17) is 9.47 Å². The SMILES string of the molecule is Fc1cccnc1OC[C@@H]1CCOC12CN(Cc1ccsc1)C2. The zero-order valence-corrected chi connectivity index (χ0v) is 13.6. The van der Waals surface area contributed by atoms with Crippen LogP contribution in [0.4, 0.5) is 4.39 Å². The van der Waals surface area contributed by atoms with Crippen LogP contribution in [0.2, 0.25) is 0 Å². The standard InChI is InChI=1S/C17H19FN2O2S/c18-15-2-1-5-19-16(15)21-9-14-3-6-22-17(14)11-20(12-17)8-13-4-7-23-10-13/h1-2,4-5,7,10,14H,3,6,8-9,11-12H2/t14-/m0/s1. The smallest absolute Gasteiger partial charge is 0.250 e. The van der Waals surface area contributed by atoms with Gasteiger partial charge in [-0.3, -0.25) is 4.90 Å². The monoisotopic (exact) mass is 334 g/mol. The van der Waals surface area contributed by atoms with E-state index in [0.29, 0.717) is 12.5 Å². The van der Waals surface area contributed by atoms with Crippen molar-refractivity contribution in [3.05, 3.63) is 46.5 Å². The predicted octanol–water partition coefficient (Wildman–Crippen LogP) is 2.95. The van der Waals surface area contributed by atoms with Crippen molar-refractivity contribution in [3.8, 4) is 5.88 Å². The fraction of sp³-hybridized carbons (Fsp3) is 0.471. The molecular weight excluding hydrogens is 315 g/mol. The van der Waals surface area contributed by atoms with Gasteiger partial charge >= 0.3 is 0 Å². The Bertz CT molecular complexity index is 658. The van der Waals surface area contributed by atoms with Gasteiger partial charge in [-0.25, -0.2) is 9.37 Å². The van der Waals surface area contributed by atoms with E-state index in [-0.39, 0.29) is 11.5 Å². The third kappa shape index (κ3) is 2.98. The van der Waals surface area contributed by atoms with Crippen molar-refractivity contribution in [2.75, 3.05) is 26.3 Å². The van der Waals surface area contributed by atoms with E-state index in [0.717, 1.165) is 32.7 Å². The van der Waals surface area contributed by atoms with Crippen LogP contribution in [0.1, 0.15) is 12.0 Å². The van der Waals surface area contributed by atoms with Crippen LogP contribution in [-0.2, 0) is 11.3 Å². The van der Waals surface area contributed by atoms with E-state index < -0.39 is 5.82 Å². The van der Waals surface area contributed by atoms with Crippen molar-refractivity contribution in [1.29, 1.82) is 0 Å². The Morgan fingerprint density at radius 1 is 1.43 bits per heavy atom. The van der Waals surface area contributed by atoms with E-state index in [1.165, 1.54) is 11.6 Å². The first-order valence-corrected chi connectivity index (χ1v) is 8.80. The lowest BCUT2D eigenvalue weighted by Crippen LogP contribution is -2.64. The van der Waals surface area contributed by atoms with Crippen molar-refractivity contribution in [1.82, 2.24) is 9.88 Å². The zero-order valence-electron chi connectivity index (χ0n) is 12.8. The number of thiophene rings is 1. The molecule has 0 N–H and O–H groups in total. The maximum absolute atomic E-state index is 13.6. The summed E-state index contributed by atoms with van der Waals surface area (Å²) >= 11 is 1.73. The summed E-state index contributed by atoms with van der Waals surface area (Å²) in [6, 6.07) is 5.10. The molecular formula is C17H19FN2O2S. The fourth-order valence-corrected chi connectivity index (χ4v) is 4.15. The first kappa shape index (κ1) is 15.1. The summed E-state index contributed by atoms with van der Waals surface area (Å²) in [6.07, 6.45) is 2.51. The zero-order chi connectivity index (χ0) is 15.7. The molecule has 0 aliphatic carbocycles. The second-order valence-corrected chi connectivity index (χ2v) is 7.06. The molecule has 4 nitrogen and oxygen atoms in total. The Balaban J connectivity index is 1.34. The number of likely N-dealkylation sites (tertiary alicyclic amines) is 1. The van der Waals surface area contributed by atoms with Gasteiger partial charge in [-0.1, -0.05) is 0 Å². The summed E-state index contributed by atoms with van der Waals surface area (Å²) in [5.74, 6) is -0.0280. The van der Waals surface area contributed by atoms with Crippen LogP contribution in [0, 0.1) is 11.7 Å². The first-order valence-electron chi connectivity index (χ1n) is 7.86. The maximum Gasteiger partial charge on any atom is 0.250 e. The summed E-state index contributed by atoms with van der Waals surface area (Å²) in [6.45, 7) is 4.02. The van der Waals surface area contributed by atoms with Crippen molar-refractivity contribution in [2.45, 2.75) is 18.6 Å². The second kappa shape index (κ2) is 6.19. The van der Waals surface area contributed by atoms with E-state index in [9.17, 15) is 4.39 Å². The van der Waals surface area contributed by atoms with Crippen LogP contribution in [0.5, 0.6) is 5.88 Å². The number of ether oxygens (including phenoxy) is 2. The van der Waals surface area contributed by atoms with E-state index in [1.807, 2.05) is 0 Å². The summed E-state index contributed by atoms with van der Waals surface area (Å²) in [7, 11) is 0. The van der Waals surface area contributed by atoms with Gasteiger partial charge in [-0.05, 0) is 40.9 Å². The van der Waals surface area contributed by atoms with E-state index in [1.54, 1.807) is 23.6 Å². The second-order valence-electron chi connectivity index (χ2n) is 6.28. The Kier molecular flexibility index (Phi) is 4.05. The molecule has 2 aliphatic rings. The summed E-state index contributed by atoms with van der Waals surface area (Å²) in [5, 5.41) is 4.29. The largest absolute Gasteiger partial charge is 0.475 e. The van der Waals surface area contributed by atoms with Crippen molar-refractivity contribution < 1.29 is 13.9 Å². The highest BCUT2D eigenvalue weighted by Crippen LogP contribution is 2.40. The lowest BCUT2D eigenvalue weighted by Gasteiger charge is -2.50. The molecule has 4 heterocycles.